The summed E-state index contributed by atoms with van der Waals surface area (Å²) in [7, 11) is -1.74. The zero-order valence-electron chi connectivity index (χ0n) is 13.3. The number of fused-ring (bicyclic) bond motifs is 4. The monoisotopic (exact) mass is 290 g/mol. The summed E-state index contributed by atoms with van der Waals surface area (Å²) in [6, 6.07) is 6.63. The van der Waals surface area contributed by atoms with Crippen LogP contribution in [0.2, 0.25) is 18.1 Å². The van der Waals surface area contributed by atoms with Gasteiger partial charge in [-0.05, 0) is 60.7 Å². The van der Waals surface area contributed by atoms with Crippen molar-refractivity contribution in [1.82, 2.24) is 0 Å². The summed E-state index contributed by atoms with van der Waals surface area (Å²) in [5.41, 5.74) is 2.83. The van der Waals surface area contributed by atoms with Crippen LogP contribution in [0.4, 0.5) is 0 Å². The quantitative estimate of drug-likeness (QED) is 0.725. The Hall–Kier alpha value is -0.803. The second-order valence-electron chi connectivity index (χ2n) is 7.75. The SMILES string of the molecule is CC(C)(C)[Si](C)(C)Oc1ccc2c(c1)C[C@H]1CC[C@@H]2O1. The summed E-state index contributed by atoms with van der Waals surface area (Å²) in [5.74, 6) is 1.05. The number of rotatable bonds is 2. The molecule has 0 aromatic heterocycles. The van der Waals surface area contributed by atoms with Gasteiger partial charge in [-0.3, -0.25) is 0 Å². The van der Waals surface area contributed by atoms with Crippen molar-refractivity contribution in [2.75, 3.05) is 0 Å². The van der Waals surface area contributed by atoms with Crippen molar-refractivity contribution in [2.45, 2.75) is 70.4 Å². The van der Waals surface area contributed by atoms with E-state index in [0.717, 1.165) is 12.2 Å². The van der Waals surface area contributed by atoms with Gasteiger partial charge in [0.1, 0.15) is 5.75 Å². The summed E-state index contributed by atoms with van der Waals surface area (Å²) < 4.78 is 12.4. The summed E-state index contributed by atoms with van der Waals surface area (Å²) in [6.45, 7) is 11.5. The lowest BCUT2D eigenvalue weighted by atomic mass is 9.98. The predicted molar refractivity (Wildman–Crippen MR) is 84.8 cm³/mol. The third kappa shape index (κ3) is 2.42. The van der Waals surface area contributed by atoms with Gasteiger partial charge in [0.05, 0.1) is 12.2 Å². The normalized spacial score (nSPS) is 25.4. The molecule has 0 spiro atoms. The Morgan fingerprint density at radius 3 is 2.65 bits per heavy atom. The average molecular weight is 290 g/mol. The Morgan fingerprint density at radius 2 is 1.95 bits per heavy atom. The Kier molecular flexibility index (Phi) is 3.26. The third-order valence-corrected chi connectivity index (χ3v) is 9.55. The predicted octanol–water partition coefficient (Wildman–Crippen LogP) is 4.85. The highest BCUT2D eigenvalue weighted by molar-refractivity contribution is 6.74. The van der Waals surface area contributed by atoms with Crippen LogP contribution in [0.3, 0.4) is 0 Å². The molecule has 2 atom stereocenters. The van der Waals surface area contributed by atoms with E-state index in [0.29, 0.717) is 12.2 Å². The molecule has 2 aliphatic heterocycles. The molecule has 3 rings (SSSR count). The molecule has 3 heteroatoms. The topological polar surface area (TPSA) is 18.5 Å². The molecule has 110 valence electrons. The van der Waals surface area contributed by atoms with Crippen LogP contribution in [0.25, 0.3) is 0 Å². The molecular weight excluding hydrogens is 264 g/mol. The zero-order valence-corrected chi connectivity index (χ0v) is 14.3. The van der Waals surface area contributed by atoms with Crippen LogP contribution >= 0.6 is 0 Å². The van der Waals surface area contributed by atoms with Crippen molar-refractivity contribution < 1.29 is 9.16 Å². The molecule has 1 aromatic rings. The minimum Gasteiger partial charge on any atom is -0.543 e. The van der Waals surface area contributed by atoms with Gasteiger partial charge in [-0.1, -0.05) is 26.8 Å². The molecule has 0 aliphatic carbocycles. The molecule has 0 saturated carbocycles. The first-order chi connectivity index (χ1) is 9.26. The van der Waals surface area contributed by atoms with Gasteiger partial charge in [-0.25, -0.2) is 0 Å². The number of hydrogen-bond donors (Lipinski definition) is 0. The number of benzene rings is 1. The van der Waals surface area contributed by atoms with Gasteiger partial charge in [0, 0.05) is 0 Å². The highest BCUT2D eigenvalue weighted by Crippen LogP contribution is 2.43. The molecule has 20 heavy (non-hydrogen) atoms. The second-order valence-corrected chi connectivity index (χ2v) is 12.5. The van der Waals surface area contributed by atoms with E-state index in [2.05, 4.69) is 52.1 Å². The van der Waals surface area contributed by atoms with Crippen molar-refractivity contribution in [1.29, 1.82) is 0 Å². The first-order valence-corrected chi connectivity index (χ1v) is 10.6. The maximum Gasteiger partial charge on any atom is 0.250 e. The van der Waals surface area contributed by atoms with Crippen molar-refractivity contribution >= 4 is 8.32 Å². The summed E-state index contributed by atoms with van der Waals surface area (Å²) >= 11 is 0. The molecule has 2 heterocycles. The highest BCUT2D eigenvalue weighted by atomic mass is 28.4. The lowest BCUT2D eigenvalue weighted by Crippen LogP contribution is -2.43. The Bertz CT molecular complexity index is 516. The molecule has 0 radical (unpaired) electrons. The first kappa shape index (κ1) is 14.1. The van der Waals surface area contributed by atoms with Gasteiger partial charge < -0.3 is 9.16 Å². The second kappa shape index (κ2) is 4.60. The molecular formula is C17H26O2Si. The van der Waals surface area contributed by atoms with Crippen molar-refractivity contribution in [3.63, 3.8) is 0 Å². The molecule has 1 aromatic carbocycles. The maximum absolute atomic E-state index is 6.42. The van der Waals surface area contributed by atoms with Crippen LogP contribution in [-0.4, -0.2) is 14.4 Å². The summed E-state index contributed by atoms with van der Waals surface area (Å²) in [5, 5.41) is 0.241. The number of hydrogen-bond acceptors (Lipinski definition) is 2. The summed E-state index contributed by atoms with van der Waals surface area (Å²) in [6.07, 6.45) is 4.22. The van der Waals surface area contributed by atoms with E-state index in [-0.39, 0.29) is 5.04 Å². The van der Waals surface area contributed by atoms with Crippen LogP contribution in [-0.2, 0) is 11.2 Å². The fourth-order valence-electron chi connectivity index (χ4n) is 2.91. The highest BCUT2D eigenvalue weighted by Gasteiger charge is 2.39. The smallest absolute Gasteiger partial charge is 0.250 e. The van der Waals surface area contributed by atoms with Crippen LogP contribution in [0.1, 0.15) is 50.8 Å². The van der Waals surface area contributed by atoms with Gasteiger partial charge in [0.15, 0.2) is 0 Å². The Balaban J connectivity index is 1.85. The standard InChI is InChI=1S/C17H26O2Si/c1-17(2,3)20(4,5)19-14-6-8-15-12(11-14)10-13-7-9-16(15)18-13/h6,8,11,13,16H,7,9-10H2,1-5H3/t13-,16+/m1/s1. The van der Waals surface area contributed by atoms with E-state index in [1.807, 2.05) is 0 Å². The van der Waals surface area contributed by atoms with E-state index < -0.39 is 8.32 Å². The largest absolute Gasteiger partial charge is 0.543 e. The van der Waals surface area contributed by atoms with Crippen molar-refractivity contribution in [3.05, 3.63) is 29.3 Å². The van der Waals surface area contributed by atoms with E-state index in [1.54, 1.807) is 0 Å². The van der Waals surface area contributed by atoms with E-state index in [1.165, 1.54) is 24.0 Å². The number of ether oxygens (including phenoxy) is 1. The van der Waals surface area contributed by atoms with E-state index in [9.17, 15) is 0 Å². The van der Waals surface area contributed by atoms with E-state index in [4.69, 9.17) is 9.16 Å². The molecule has 1 fully saturated rings. The maximum atomic E-state index is 6.42. The van der Waals surface area contributed by atoms with Crippen LogP contribution in [0.15, 0.2) is 18.2 Å². The third-order valence-electron chi connectivity index (χ3n) is 5.20. The molecule has 0 amide bonds. The van der Waals surface area contributed by atoms with Crippen LogP contribution < -0.4 is 4.43 Å². The van der Waals surface area contributed by atoms with Crippen molar-refractivity contribution in [3.8, 4) is 5.75 Å². The molecule has 0 unspecified atom stereocenters. The molecule has 2 nitrogen and oxygen atoms in total. The van der Waals surface area contributed by atoms with Gasteiger partial charge >= 0.3 is 0 Å². The van der Waals surface area contributed by atoms with Gasteiger partial charge in [-0.15, -0.1) is 0 Å². The summed E-state index contributed by atoms with van der Waals surface area (Å²) in [4.78, 5) is 0. The lowest BCUT2D eigenvalue weighted by molar-refractivity contribution is 0.0323. The van der Waals surface area contributed by atoms with Crippen LogP contribution in [0.5, 0.6) is 5.75 Å². The van der Waals surface area contributed by atoms with Gasteiger partial charge in [0.2, 0.25) is 8.32 Å². The Labute approximate surface area is 123 Å². The Morgan fingerprint density at radius 1 is 1.20 bits per heavy atom. The van der Waals surface area contributed by atoms with Gasteiger partial charge in [0.25, 0.3) is 0 Å². The molecule has 1 saturated heterocycles. The lowest BCUT2D eigenvalue weighted by Gasteiger charge is -2.37. The van der Waals surface area contributed by atoms with E-state index >= 15 is 0 Å². The minimum atomic E-state index is -1.74. The zero-order chi connectivity index (χ0) is 14.5. The van der Waals surface area contributed by atoms with Gasteiger partial charge in [-0.2, -0.15) is 0 Å². The fraction of sp³-hybridized carbons (Fsp3) is 0.647. The molecule has 2 aliphatic rings. The molecule has 0 N–H and O–H groups in total. The van der Waals surface area contributed by atoms with Crippen LogP contribution in [0, 0.1) is 0 Å². The molecule has 2 bridgehead atoms. The first-order valence-electron chi connectivity index (χ1n) is 7.73. The fourth-order valence-corrected chi connectivity index (χ4v) is 3.94. The van der Waals surface area contributed by atoms with Crippen molar-refractivity contribution in [2.24, 2.45) is 0 Å². The minimum absolute atomic E-state index is 0.241. The average Bonchev–Trinajstić information content (AvgIpc) is 2.70.